The number of amides is 4. The second kappa shape index (κ2) is 12.9. The van der Waals surface area contributed by atoms with E-state index in [1.54, 1.807) is 29.0 Å². The molecule has 12 heteroatoms. The lowest BCUT2D eigenvalue weighted by Crippen LogP contribution is -2.49. The highest BCUT2D eigenvalue weighted by Gasteiger charge is 2.43. The first-order valence-corrected chi connectivity index (χ1v) is 14.9. The summed E-state index contributed by atoms with van der Waals surface area (Å²) >= 11 is 12.5. The van der Waals surface area contributed by atoms with Gasteiger partial charge in [-0.2, -0.15) is 0 Å². The number of halogens is 3. The van der Waals surface area contributed by atoms with E-state index >= 15 is 0 Å². The predicted molar refractivity (Wildman–Crippen MR) is 155 cm³/mol. The lowest BCUT2D eigenvalue weighted by atomic mass is 9.92. The molecule has 3 aliphatic heterocycles. The molecule has 5 rings (SSSR count). The van der Waals surface area contributed by atoms with Crippen molar-refractivity contribution in [3.8, 4) is 5.75 Å². The average molecular weight is 620 g/mol. The quantitative estimate of drug-likeness (QED) is 0.538. The van der Waals surface area contributed by atoms with Gasteiger partial charge in [-0.25, -0.2) is 9.18 Å². The normalized spacial score (nSPS) is 23.0. The minimum atomic E-state index is -0.628. The summed E-state index contributed by atoms with van der Waals surface area (Å²) in [5.41, 5.74) is 0.839. The van der Waals surface area contributed by atoms with Crippen molar-refractivity contribution >= 4 is 47.0 Å². The molecule has 3 heterocycles. The summed E-state index contributed by atoms with van der Waals surface area (Å²) in [5.74, 6) is -0.953. The standard InChI is InChI=1S/C30H33Cl2FN4O5/c1-35(30(41)42-22-6-4-21(33)5-7-22)26-17-37(16-23(26)19-2-8-24(31)25(32)14-19)28(39)18-10-12-36(13-11-18)29(40)20-3-9-27(38)34-15-20/h2,4-8,14,18,20,23,26H,3,9-13,15-17H2,1H3,(H,34,38)/t20?,23-,26+/m0/s1. The number of hydrogen-bond donors (Lipinski definition) is 1. The van der Waals surface area contributed by atoms with E-state index in [9.17, 15) is 23.6 Å². The molecule has 3 saturated heterocycles. The third kappa shape index (κ3) is 6.65. The lowest BCUT2D eigenvalue weighted by molar-refractivity contribution is -0.143. The maximum Gasteiger partial charge on any atom is 0.415 e. The number of carbonyl (C=O) groups is 4. The molecular weight excluding hydrogens is 586 g/mol. The zero-order valence-electron chi connectivity index (χ0n) is 23.2. The van der Waals surface area contributed by atoms with E-state index in [4.69, 9.17) is 27.9 Å². The Morgan fingerprint density at radius 2 is 1.62 bits per heavy atom. The van der Waals surface area contributed by atoms with Crippen molar-refractivity contribution in [3.63, 3.8) is 0 Å². The zero-order valence-corrected chi connectivity index (χ0v) is 24.7. The molecule has 9 nitrogen and oxygen atoms in total. The maximum atomic E-state index is 13.7. The van der Waals surface area contributed by atoms with Crippen LogP contribution in [0.3, 0.4) is 0 Å². The molecule has 1 N–H and O–H groups in total. The number of rotatable bonds is 5. The van der Waals surface area contributed by atoms with E-state index in [0.29, 0.717) is 68.5 Å². The van der Waals surface area contributed by atoms with E-state index in [1.165, 1.54) is 29.2 Å². The van der Waals surface area contributed by atoms with Crippen LogP contribution in [0, 0.1) is 17.7 Å². The number of carbonyl (C=O) groups excluding carboxylic acids is 4. The van der Waals surface area contributed by atoms with Crippen molar-refractivity contribution in [2.45, 2.75) is 37.6 Å². The van der Waals surface area contributed by atoms with Crippen LogP contribution in [-0.4, -0.2) is 84.3 Å². The van der Waals surface area contributed by atoms with Gasteiger partial charge in [-0.05, 0) is 61.2 Å². The fourth-order valence-corrected chi connectivity index (χ4v) is 6.35. The third-order valence-electron chi connectivity index (χ3n) is 8.55. The summed E-state index contributed by atoms with van der Waals surface area (Å²) in [6.07, 6.45) is 1.37. The van der Waals surface area contributed by atoms with Gasteiger partial charge in [0, 0.05) is 58.0 Å². The van der Waals surface area contributed by atoms with Crippen LogP contribution in [0.4, 0.5) is 9.18 Å². The Labute approximate surface area is 253 Å². The number of likely N-dealkylation sites (tertiary alicyclic amines) is 2. The van der Waals surface area contributed by atoms with Crippen LogP contribution in [0.25, 0.3) is 0 Å². The Balaban J connectivity index is 1.26. The first-order chi connectivity index (χ1) is 20.1. The molecule has 0 spiro atoms. The van der Waals surface area contributed by atoms with Gasteiger partial charge >= 0.3 is 6.09 Å². The molecule has 3 fully saturated rings. The molecule has 2 aromatic carbocycles. The summed E-state index contributed by atoms with van der Waals surface area (Å²) in [4.78, 5) is 56.3. The van der Waals surface area contributed by atoms with Crippen molar-refractivity contribution in [2.75, 3.05) is 39.8 Å². The average Bonchev–Trinajstić information content (AvgIpc) is 3.44. The van der Waals surface area contributed by atoms with E-state index in [2.05, 4.69) is 5.32 Å². The Bertz CT molecular complexity index is 1340. The number of nitrogens with zero attached hydrogens (tertiary/aromatic N) is 3. The van der Waals surface area contributed by atoms with Crippen molar-refractivity contribution in [2.24, 2.45) is 11.8 Å². The van der Waals surface area contributed by atoms with E-state index in [1.807, 2.05) is 6.07 Å². The van der Waals surface area contributed by atoms with Crippen molar-refractivity contribution < 1.29 is 28.3 Å². The van der Waals surface area contributed by atoms with Gasteiger partial charge in [0.05, 0.1) is 22.0 Å². The minimum absolute atomic E-state index is 0.0140. The molecule has 1 unspecified atom stereocenters. The summed E-state index contributed by atoms with van der Waals surface area (Å²) in [6, 6.07) is 10.1. The zero-order chi connectivity index (χ0) is 30.0. The van der Waals surface area contributed by atoms with E-state index in [-0.39, 0.29) is 41.2 Å². The molecular formula is C30H33Cl2FN4O5. The molecule has 4 amide bonds. The number of likely N-dealkylation sites (N-methyl/N-ethyl adjacent to an activating group) is 1. The van der Waals surface area contributed by atoms with Crippen LogP contribution in [0.1, 0.15) is 37.2 Å². The largest absolute Gasteiger partial charge is 0.415 e. The topological polar surface area (TPSA) is 99.3 Å². The highest BCUT2D eigenvalue weighted by Crippen LogP contribution is 2.36. The first kappa shape index (κ1) is 30.1. The number of nitrogens with one attached hydrogen (secondary N) is 1. The van der Waals surface area contributed by atoms with E-state index in [0.717, 1.165) is 5.56 Å². The number of benzene rings is 2. The Morgan fingerprint density at radius 3 is 2.26 bits per heavy atom. The first-order valence-electron chi connectivity index (χ1n) is 14.1. The molecule has 0 saturated carbocycles. The highest BCUT2D eigenvalue weighted by atomic mass is 35.5. The number of ether oxygens (including phenoxy) is 1. The SMILES string of the molecule is CN(C(=O)Oc1ccc(F)cc1)[C@@H]1CN(C(=O)C2CCN(C(=O)C3CCC(=O)NC3)CC2)C[C@H]1c1ccc(Cl)c(Cl)c1. The van der Waals surface area contributed by atoms with Gasteiger partial charge in [0.25, 0.3) is 0 Å². The van der Waals surface area contributed by atoms with Crippen LogP contribution in [0.15, 0.2) is 42.5 Å². The molecule has 3 aliphatic rings. The highest BCUT2D eigenvalue weighted by molar-refractivity contribution is 6.42. The van der Waals surface area contributed by atoms with Gasteiger partial charge in [0.15, 0.2) is 0 Å². The maximum absolute atomic E-state index is 13.7. The van der Waals surface area contributed by atoms with Crippen molar-refractivity contribution in [1.82, 2.24) is 20.0 Å². The lowest BCUT2D eigenvalue weighted by Gasteiger charge is -2.36. The van der Waals surface area contributed by atoms with Gasteiger partial charge in [-0.3, -0.25) is 14.4 Å². The van der Waals surface area contributed by atoms with Gasteiger partial charge in [-0.15, -0.1) is 0 Å². The van der Waals surface area contributed by atoms with Gasteiger partial charge in [0.2, 0.25) is 17.7 Å². The summed E-state index contributed by atoms with van der Waals surface area (Å²) < 4.78 is 18.8. The summed E-state index contributed by atoms with van der Waals surface area (Å²) in [5, 5.41) is 3.55. The van der Waals surface area contributed by atoms with E-state index < -0.39 is 18.0 Å². The second-order valence-corrected chi connectivity index (χ2v) is 12.0. The third-order valence-corrected chi connectivity index (χ3v) is 9.29. The second-order valence-electron chi connectivity index (χ2n) is 11.2. The van der Waals surface area contributed by atoms with Crippen molar-refractivity contribution in [3.05, 3.63) is 63.9 Å². The summed E-state index contributed by atoms with van der Waals surface area (Å²) in [7, 11) is 1.62. The molecule has 0 aromatic heterocycles. The smallest absolute Gasteiger partial charge is 0.410 e. The molecule has 0 bridgehead atoms. The fraction of sp³-hybridized carbons (Fsp3) is 0.467. The number of piperidine rings is 2. The molecule has 224 valence electrons. The molecule has 2 aromatic rings. The van der Waals surface area contributed by atoms with Crippen LogP contribution in [0.2, 0.25) is 10.0 Å². The monoisotopic (exact) mass is 618 g/mol. The predicted octanol–water partition coefficient (Wildman–Crippen LogP) is 4.32. The van der Waals surface area contributed by atoms with Crippen molar-refractivity contribution in [1.29, 1.82) is 0 Å². The van der Waals surface area contributed by atoms with Gasteiger partial charge in [0.1, 0.15) is 11.6 Å². The minimum Gasteiger partial charge on any atom is -0.410 e. The fourth-order valence-electron chi connectivity index (χ4n) is 6.05. The van der Waals surface area contributed by atoms with Gasteiger partial charge in [-0.1, -0.05) is 29.3 Å². The Morgan fingerprint density at radius 1 is 0.929 bits per heavy atom. The van der Waals surface area contributed by atoms with Crippen LogP contribution >= 0.6 is 23.2 Å². The Hall–Kier alpha value is -3.37. The molecule has 3 atom stereocenters. The van der Waals surface area contributed by atoms with Gasteiger partial charge < -0.3 is 24.8 Å². The van der Waals surface area contributed by atoms with Crippen LogP contribution in [0.5, 0.6) is 5.75 Å². The molecule has 0 radical (unpaired) electrons. The van der Waals surface area contributed by atoms with Crippen LogP contribution < -0.4 is 10.1 Å². The Kier molecular flexibility index (Phi) is 9.22. The van der Waals surface area contributed by atoms with Crippen LogP contribution in [-0.2, 0) is 14.4 Å². The number of hydrogen-bond acceptors (Lipinski definition) is 5. The summed E-state index contributed by atoms with van der Waals surface area (Å²) in [6.45, 7) is 1.99. The molecule has 42 heavy (non-hydrogen) atoms. The molecule has 0 aliphatic carbocycles.